The van der Waals surface area contributed by atoms with Crippen LogP contribution in [0.5, 0.6) is 11.5 Å². The quantitative estimate of drug-likeness (QED) is 0.551. The molecular formula is C20H24N4O2S. The van der Waals surface area contributed by atoms with Crippen molar-refractivity contribution in [1.29, 1.82) is 0 Å². The van der Waals surface area contributed by atoms with Gasteiger partial charge in [-0.3, -0.25) is 9.47 Å². The van der Waals surface area contributed by atoms with Gasteiger partial charge in [-0.1, -0.05) is 18.2 Å². The number of aromatic nitrogens is 3. The van der Waals surface area contributed by atoms with Crippen LogP contribution in [0.3, 0.4) is 0 Å². The first kappa shape index (κ1) is 19.1. The maximum Gasteiger partial charge on any atom is 0.203 e. The van der Waals surface area contributed by atoms with Crippen molar-refractivity contribution in [2.75, 3.05) is 20.8 Å². The Morgan fingerprint density at radius 2 is 1.89 bits per heavy atom. The van der Waals surface area contributed by atoms with E-state index in [0.29, 0.717) is 18.0 Å². The fourth-order valence-corrected chi connectivity index (χ4v) is 3.08. The molecule has 27 heavy (non-hydrogen) atoms. The van der Waals surface area contributed by atoms with Gasteiger partial charge in [0.05, 0.1) is 26.1 Å². The molecule has 142 valence electrons. The zero-order valence-corrected chi connectivity index (χ0v) is 16.6. The summed E-state index contributed by atoms with van der Waals surface area (Å²) < 4.78 is 15.1. The van der Waals surface area contributed by atoms with Crippen LogP contribution in [0.2, 0.25) is 0 Å². The molecule has 0 spiro atoms. The highest BCUT2D eigenvalue weighted by atomic mass is 32.1. The highest BCUT2D eigenvalue weighted by Gasteiger charge is 2.08. The number of rotatable bonds is 8. The van der Waals surface area contributed by atoms with Crippen LogP contribution in [0, 0.1) is 4.77 Å². The second-order valence-corrected chi connectivity index (χ2v) is 6.58. The molecular weight excluding hydrogens is 360 g/mol. The van der Waals surface area contributed by atoms with E-state index in [1.54, 1.807) is 13.4 Å². The molecule has 0 radical (unpaired) electrons. The second-order valence-electron chi connectivity index (χ2n) is 6.22. The minimum absolute atomic E-state index is 0.600. The van der Waals surface area contributed by atoms with Crippen molar-refractivity contribution in [3.63, 3.8) is 0 Å². The summed E-state index contributed by atoms with van der Waals surface area (Å²) in [6.45, 7) is 4.05. The van der Waals surface area contributed by atoms with Gasteiger partial charge in [0.15, 0.2) is 0 Å². The molecule has 0 unspecified atom stereocenters. The van der Waals surface area contributed by atoms with Crippen molar-refractivity contribution in [1.82, 2.24) is 19.2 Å². The standard InChI is InChI=1S/C20H24N4O2S/c1-4-26-18-10-8-16(9-11-18)13-22(2)15-24-20(27)23(14-21-24)17-6-5-7-19(12-17)25-3/h5-12,14H,4,13,15H2,1-3H3. The molecule has 0 aliphatic carbocycles. The first-order valence-electron chi connectivity index (χ1n) is 8.80. The van der Waals surface area contributed by atoms with Crippen molar-refractivity contribution in [2.24, 2.45) is 0 Å². The van der Waals surface area contributed by atoms with Gasteiger partial charge < -0.3 is 9.47 Å². The monoisotopic (exact) mass is 384 g/mol. The van der Waals surface area contributed by atoms with Crippen molar-refractivity contribution in [3.8, 4) is 17.2 Å². The first-order valence-corrected chi connectivity index (χ1v) is 9.20. The van der Waals surface area contributed by atoms with Crippen LogP contribution in [0.15, 0.2) is 54.9 Å². The van der Waals surface area contributed by atoms with Crippen LogP contribution >= 0.6 is 12.2 Å². The lowest BCUT2D eigenvalue weighted by Crippen LogP contribution is -2.22. The van der Waals surface area contributed by atoms with E-state index in [4.69, 9.17) is 21.7 Å². The third-order valence-corrected chi connectivity index (χ3v) is 4.53. The van der Waals surface area contributed by atoms with E-state index in [1.807, 2.05) is 59.6 Å². The number of hydrogen-bond donors (Lipinski definition) is 0. The molecule has 3 rings (SSSR count). The van der Waals surface area contributed by atoms with Crippen LogP contribution < -0.4 is 9.47 Å². The normalized spacial score (nSPS) is 11.0. The van der Waals surface area contributed by atoms with Crippen molar-refractivity contribution >= 4 is 12.2 Å². The number of nitrogens with zero attached hydrogens (tertiary/aromatic N) is 4. The lowest BCUT2D eigenvalue weighted by molar-refractivity contribution is 0.244. The molecule has 1 heterocycles. The Balaban J connectivity index is 1.68. The molecule has 3 aromatic rings. The van der Waals surface area contributed by atoms with E-state index in [0.717, 1.165) is 23.7 Å². The summed E-state index contributed by atoms with van der Waals surface area (Å²) in [6, 6.07) is 15.9. The van der Waals surface area contributed by atoms with Crippen LogP contribution in [-0.4, -0.2) is 40.0 Å². The predicted octanol–water partition coefficient (Wildman–Crippen LogP) is 3.90. The van der Waals surface area contributed by atoms with Gasteiger partial charge in [0.25, 0.3) is 0 Å². The van der Waals surface area contributed by atoms with Crippen LogP contribution in [0.25, 0.3) is 5.69 Å². The van der Waals surface area contributed by atoms with E-state index >= 15 is 0 Å². The smallest absolute Gasteiger partial charge is 0.203 e. The lowest BCUT2D eigenvalue weighted by Gasteiger charge is -2.16. The van der Waals surface area contributed by atoms with E-state index in [2.05, 4.69) is 22.1 Å². The summed E-state index contributed by atoms with van der Waals surface area (Å²) in [7, 11) is 3.69. The maximum atomic E-state index is 5.60. The molecule has 0 atom stereocenters. The highest BCUT2D eigenvalue weighted by molar-refractivity contribution is 7.71. The van der Waals surface area contributed by atoms with Crippen molar-refractivity contribution < 1.29 is 9.47 Å². The molecule has 0 saturated carbocycles. The molecule has 0 fully saturated rings. The summed E-state index contributed by atoms with van der Waals surface area (Å²) >= 11 is 5.60. The Bertz CT molecular complexity index is 934. The van der Waals surface area contributed by atoms with Crippen molar-refractivity contribution in [2.45, 2.75) is 20.1 Å². The summed E-state index contributed by atoms with van der Waals surface area (Å²) in [5.74, 6) is 1.68. The van der Waals surface area contributed by atoms with Gasteiger partial charge in [-0.2, -0.15) is 5.10 Å². The summed E-state index contributed by atoms with van der Waals surface area (Å²) in [5, 5.41) is 4.44. The molecule has 0 N–H and O–H groups in total. The third-order valence-electron chi connectivity index (χ3n) is 4.13. The SMILES string of the molecule is CCOc1ccc(CN(C)Cn2ncn(-c3cccc(OC)c3)c2=S)cc1. The topological polar surface area (TPSA) is 44.5 Å². The highest BCUT2D eigenvalue weighted by Crippen LogP contribution is 2.17. The summed E-state index contributed by atoms with van der Waals surface area (Å²) in [4.78, 5) is 2.16. The van der Waals surface area contributed by atoms with Gasteiger partial charge in [-0.15, -0.1) is 0 Å². The average Bonchev–Trinajstić information content (AvgIpc) is 3.04. The van der Waals surface area contributed by atoms with E-state index < -0.39 is 0 Å². The van der Waals surface area contributed by atoms with Gasteiger partial charge in [-0.05, 0) is 56.0 Å². The van der Waals surface area contributed by atoms with Crippen molar-refractivity contribution in [3.05, 3.63) is 65.2 Å². The zero-order chi connectivity index (χ0) is 19.2. The van der Waals surface area contributed by atoms with Gasteiger partial charge in [0, 0.05) is 12.6 Å². The van der Waals surface area contributed by atoms with Crippen LogP contribution in [-0.2, 0) is 13.2 Å². The fraction of sp³-hybridized carbons (Fsp3) is 0.300. The molecule has 0 amide bonds. The zero-order valence-electron chi connectivity index (χ0n) is 15.8. The molecule has 2 aromatic carbocycles. The number of ether oxygens (including phenoxy) is 2. The van der Waals surface area contributed by atoms with Gasteiger partial charge in [0.1, 0.15) is 17.8 Å². The van der Waals surface area contributed by atoms with Gasteiger partial charge in [-0.25, -0.2) is 4.68 Å². The Kier molecular flexibility index (Phi) is 6.26. The van der Waals surface area contributed by atoms with E-state index in [-0.39, 0.29) is 0 Å². The molecule has 0 aliphatic rings. The number of benzene rings is 2. The molecule has 1 aromatic heterocycles. The summed E-state index contributed by atoms with van der Waals surface area (Å²) in [5.41, 5.74) is 2.14. The van der Waals surface area contributed by atoms with Crippen LogP contribution in [0.1, 0.15) is 12.5 Å². The fourth-order valence-electron chi connectivity index (χ4n) is 2.82. The molecule has 0 bridgehead atoms. The average molecular weight is 385 g/mol. The van der Waals surface area contributed by atoms with Gasteiger partial charge >= 0.3 is 0 Å². The van der Waals surface area contributed by atoms with Crippen LogP contribution in [0.4, 0.5) is 0 Å². The maximum absolute atomic E-state index is 5.60. The third kappa shape index (κ3) is 4.75. The van der Waals surface area contributed by atoms with E-state index in [1.165, 1.54) is 5.56 Å². The molecule has 6 nitrogen and oxygen atoms in total. The predicted molar refractivity (Wildman–Crippen MR) is 108 cm³/mol. The Morgan fingerprint density at radius 3 is 2.59 bits per heavy atom. The minimum atomic E-state index is 0.600. The molecule has 0 aliphatic heterocycles. The molecule has 0 saturated heterocycles. The van der Waals surface area contributed by atoms with Gasteiger partial charge in [0.2, 0.25) is 4.77 Å². The summed E-state index contributed by atoms with van der Waals surface area (Å²) in [6.07, 6.45) is 1.74. The lowest BCUT2D eigenvalue weighted by atomic mass is 10.2. The first-order chi connectivity index (χ1) is 13.1. The Morgan fingerprint density at radius 1 is 1.11 bits per heavy atom. The second kappa shape index (κ2) is 8.83. The molecule has 7 heteroatoms. The van der Waals surface area contributed by atoms with E-state index in [9.17, 15) is 0 Å². The number of hydrogen-bond acceptors (Lipinski definition) is 5. The number of methoxy groups -OCH3 is 1. The minimum Gasteiger partial charge on any atom is -0.497 e. The Hall–Kier alpha value is -2.64. The largest absolute Gasteiger partial charge is 0.497 e. The Labute approximate surface area is 164 Å².